The van der Waals surface area contributed by atoms with Gasteiger partial charge in [0.25, 0.3) is 10.0 Å². The van der Waals surface area contributed by atoms with Gasteiger partial charge < -0.3 is 5.11 Å². The van der Waals surface area contributed by atoms with Crippen molar-refractivity contribution in [1.29, 1.82) is 0 Å². The molecule has 0 saturated carbocycles. The first-order valence-corrected chi connectivity index (χ1v) is 6.08. The lowest BCUT2D eigenvalue weighted by atomic mass is 10.4. The number of carbonyl (C=O) groups is 1. The average molecular weight is 245 g/mol. The molecule has 1 heterocycles. The lowest BCUT2D eigenvalue weighted by molar-refractivity contribution is 0.0697. The van der Waals surface area contributed by atoms with E-state index in [9.17, 15) is 13.2 Å². The molecule has 0 amide bonds. The molecule has 1 rings (SSSR count). The summed E-state index contributed by atoms with van der Waals surface area (Å²) in [5.41, 5.74) is -0.0546. The Bertz CT molecular complexity index is 509. The van der Waals surface area contributed by atoms with Gasteiger partial charge in [0, 0.05) is 5.38 Å². The quantitative estimate of drug-likeness (QED) is 0.750. The molecule has 80 valence electrons. The van der Waals surface area contributed by atoms with Gasteiger partial charge >= 0.3 is 5.97 Å². The summed E-state index contributed by atoms with van der Waals surface area (Å²) < 4.78 is 24.9. The van der Waals surface area contributed by atoms with Gasteiger partial charge in [-0.2, -0.15) is 4.72 Å². The summed E-state index contributed by atoms with van der Waals surface area (Å²) in [6.07, 6.45) is 4.90. The van der Waals surface area contributed by atoms with Gasteiger partial charge in [0.05, 0.1) is 12.1 Å². The number of carboxylic acid groups (broad SMARTS) is 1. The molecule has 0 aliphatic rings. The van der Waals surface area contributed by atoms with E-state index in [1.54, 1.807) is 0 Å². The number of carboxylic acids is 1. The van der Waals surface area contributed by atoms with E-state index in [0.29, 0.717) is 0 Å². The Morgan fingerprint density at radius 2 is 2.33 bits per heavy atom. The summed E-state index contributed by atoms with van der Waals surface area (Å²) in [5.74, 6) is 0.959. The third kappa shape index (κ3) is 2.79. The lowest BCUT2D eigenvalue weighted by Gasteiger charge is -1.98. The first-order valence-electron chi connectivity index (χ1n) is 3.72. The third-order valence-electron chi connectivity index (χ3n) is 1.45. The zero-order valence-electron chi connectivity index (χ0n) is 7.43. The van der Waals surface area contributed by atoms with E-state index >= 15 is 0 Å². The predicted octanol–water partition coefficient (Wildman–Crippen LogP) is 0.358. The summed E-state index contributed by atoms with van der Waals surface area (Å²) in [7, 11) is -3.67. The zero-order valence-corrected chi connectivity index (χ0v) is 9.06. The molecule has 0 atom stereocenters. The minimum atomic E-state index is -3.67. The molecule has 15 heavy (non-hydrogen) atoms. The Labute approximate surface area is 90.8 Å². The fourth-order valence-corrected chi connectivity index (χ4v) is 2.91. The normalized spacial score (nSPS) is 10.9. The van der Waals surface area contributed by atoms with Crippen molar-refractivity contribution in [2.24, 2.45) is 0 Å². The van der Waals surface area contributed by atoms with Gasteiger partial charge in [0.2, 0.25) is 0 Å². The van der Waals surface area contributed by atoms with Crippen LogP contribution in [-0.4, -0.2) is 26.0 Å². The Balaban J connectivity index is 2.97. The highest BCUT2D eigenvalue weighted by molar-refractivity contribution is 7.91. The number of aromatic carboxylic acids is 1. The van der Waals surface area contributed by atoms with Gasteiger partial charge in [-0.3, -0.25) is 0 Å². The third-order valence-corrected chi connectivity index (χ3v) is 4.29. The molecule has 5 nitrogen and oxygen atoms in total. The van der Waals surface area contributed by atoms with Crippen molar-refractivity contribution in [3.05, 3.63) is 17.0 Å². The first kappa shape index (κ1) is 11.7. The van der Waals surface area contributed by atoms with Crippen molar-refractivity contribution in [3.8, 4) is 12.3 Å². The molecule has 1 aromatic heterocycles. The number of hydrogen-bond acceptors (Lipinski definition) is 4. The van der Waals surface area contributed by atoms with Crippen LogP contribution >= 0.6 is 11.3 Å². The van der Waals surface area contributed by atoms with Crippen molar-refractivity contribution >= 4 is 27.3 Å². The van der Waals surface area contributed by atoms with Gasteiger partial charge in [-0.1, -0.05) is 5.92 Å². The second kappa shape index (κ2) is 4.44. The summed E-state index contributed by atoms with van der Waals surface area (Å²) in [4.78, 5) is 10.5. The number of thiophene rings is 1. The SMILES string of the molecule is C#CCNS(=O)(=O)c1cc(C(=O)O)cs1. The van der Waals surface area contributed by atoms with Gasteiger partial charge in [-0.15, -0.1) is 17.8 Å². The largest absolute Gasteiger partial charge is 0.478 e. The summed E-state index contributed by atoms with van der Waals surface area (Å²) in [5, 5.41) is 9.86. The van der Waals surface area contributed by atoms with Crippen LogP contribution in [0.4, 0.5) is 0 Å². The van der Waals surface area contributed by atoms with E-state index in [4.69, 9.17) is 11.5 Å². The topological polar surface area (TPSA) is 83.5 Å². The Morgan fingerprint density at radius 1 is 1.67 bits per heavy atom. The second-order valence-electron chi connectivity index (χ2n) is 2.49. The average Bonchev–Trinajstić information content (AvgIpc) is 2.64. The molecule has 0 saturated heterocycles. The van der Waals surface area contributed by atoms with Crippen LogP contribution in [0.3, 0.4) is 0 Å². The lowest BCUT2D eigenvalue weighted by Crippen LogP contribution is -2.23. The maximum atomic E-state index is 11.4. The standard InChI is InChI=1S/C8H7NO4S2/c1-2-3-9-15(12,13)7-4-6(5-14-7)8(10)11/h1,4-5,9H,3H2,(H,10,11). The molecule has 7 heteroatoms. The molecule has 1 aromatic rings. The van der Waals surface area contributed by atoms with E-state index in [2.05, 4.69) is 10.6 Å². The van der Waals surface area contributed by atoms with E-state index in [-0.39, 0.29) is 16.3 Å². The van der Waals surface area contributed by atoms with Crippen molar-refractivity contribution < 1.29 is 18.3 Å². The molecule has 2 N–H and O–H groups in total. The van der Waals surface area contributed by atoms with E-state index in [1.807, 2.05) is 0 Å². The van der Waals surface area contributed by atoms with Crippen LogP contribution in [0.15, 0.2) is 15.7 Å². The van der Waals surface area contributed by atoms with E-state index < -0.39 is 16.0 Å². The number of terminal acetylenes is 1. The van der Waals surface area contributed by atoms with Crippen molar-refractivity contribution in [1.82, 2.24) is 4.72 Å². The predicted molar refractivity (Wildman–Crippen MR) is 55.3 cm³/mol. The van der Waals surface area contributed by atoms with Gasteiger partial charge in [0.1, 0.15) is 4.21 Å². The minimum Gasteiger partial charge on any atom is -0.478 e. The molecule has 0 bridgehead atoms. The summed E-state index contributed by atoms with van der Waals surface area (Å²) in [6.45, 7) is -0.122. The molecule has 0 aliphatic carbocycles. The summed E-state index contributed by atoms with van der Waals surface area (Å²) in [6, 6.07) is 1.09. The van der Waals surface area contributed by atoms with Crippen LogP contribution < -0.4 is 4.72 Å². The highest BCUT2D eigenvalue weighted by atomic mass is 32.2. The van der Waals surface area contributed by atoms with Crippen LogP contribution in [0.2, 0.25) is 0 Å². The van der Waals surface area contributed by atoms with Crippen LogP contribution in [0.5, 0.6) is 0 Å². The summed E-state index contributed by atoms with van der Waals surface area (Å²) >= 11 is 0.835. The molecule has 0 radical (unpaired) electrons. The maximum Gasteiger partial charge on any atom is 0.336 e. The maximum absolute atomic E-state index is 11.4. The van der Waals surface area contributed by atoms with E-state index in [1.165, 1.54) is 5.38 Å². The Kier molecular flexibility index (Phi) is 3.47. The molecule has 0 fully saturated rings. The molecule has 0 aromatic carbocycles. The Hall–Kier alpha value is -1.36. The smallest absolute Gasteiger partial charge is 0.336 e. The first-order chi connectivity index (χ1) is 6.97. The molecular weight excluding hydrogens is 238 g/mol. The number of sulfonamides is 1. The highest BCUT2D eigenvalue weighted by Crippen LogP contribution is 2.19. The minimum absolute atomic E-state index is 0.0546. The van der Waals surface area contributed by atoms with Gasteiger partial charge in [-0.25, -0.2) is 13.2 Å². The van der Waals surface area contributed by atoms with Crippen molar-refractivity contribution in [3.63, 3.8) is 0 Å². The van der Waals surface area contributed by atoms with Crippen LogP contribution in [-0.2, 0) is 10.0 Å². The monoisotopic (exact) mass is 245 g/mol. The van der Waals surface area contributed by atoms with E-state index in [0.717, 1.165) is 17.4 Å². The molecule has 0 aliphatic heterocycles. The number of nitrogens with one attached hydrogen (secondary N) is 1. The fraction of sp³-hybridized carbons (Fsp3) is 0.125. The van der Waals surface area contributed by atoms with Gasteiger partial charge in [-0.05, 0) is 6.07 Å². The molecule has 0 unspecified atom stereocenters. The second-order valence-corrected chi connectivity index (χ2v) is 5.39. The van der Waals surface area contributed by atoms with Crippen LogP contribution in [0.25, 0.3) is 0 Å². The fourth-order valence-electron chi connectivity index (χ4n) is 0.777. The number of rotatable bonds is 4. The zero-order chi connectivity index (χ0) is 11.5. The number of hydrogen-bond donors (Lipinski definition) is 2. The molecular formula is C8H7NO4S2. The van der Waals surface area contributed by atoms with Gasteiger partial charge in [0.15, 0.2) is 0 Å². The van der Waals surface area contributed by atoms with Crippen molar-refractivity contribution in [2.75, 3.05) is 6.54 Å². The van der Waals surface area contributed by atoms with Crippen LogP contribution in [0, 0.1) is 12.3 Å². The highest BCUT2D eigenvalue weighted by Gasteiger charge is 2.17. The van der Waals surface area contributed by atoms with Crippen molar-refractivity contribution in [2.45, 2.75) is 4.21 Å². The van der Waals surface area contributed by atoms with Crippen LogP contribution in [0.1, 0.15) is 10.4 Å². The molecule has 0 spiro atoms. The Morgan fingerprint density at radius 3 is 2.80 bits per heavy atom.